The summed E-state index contributed by atoms with van der Waals surface area (Å²) in [6.45, 7) is 0.710. The molecule has 1 N–H and O–H groups in total. The normalized spacial score (nSPS) is 16.3. The van der Waals surface area contributed by atoms with E-state index in [0.717, 1.165) is 24.8 Å². The van der Waals surface area contributed by atoms with E-state index in [-0.39, 0.29) is 18.9 Å². The maximum atomic E-state index is 12.6. The summed E-state index contributed by atoms with van der Waals surface area (Å²) in [4.78, 5) is 12.6. The number of carbonyl (C=O) groups excluding carboxylic acids is 1. The third-order valence-electron chi connectivity index (χ3n) is 4.79. The lowest BCUT2D eigenvalue weighted by Crippen LogP contribution is -2.40. The highest BCUT2D eigenvalue weighted by Crippen LogP contribution is 2.33. The number of anilines is 1. The number of ether oxygens (including phenoxy) is 2. The average Bonchev–Trinajstić information content (AvgIpc) is 2.91. The van der Waals surface area contributed by atoms with E-state index < -0.39 is 16.1 Å². The van der Waals surface area contributed by atoms with E-state index in [1.807, 2.05) is 24.3 Å². The van der Waals surface area contributed by atoms with Crippen molar-refractivity contribution in [3.05, 3.63) is 54.1 Å². The SMILES string of the molecule is COc1ccc(CCCNC(=O)C2CCN(S(C)(=O)=O)c3ccccc3O2)cc1. The lowest BCUT2D eigenvalue weighted by Gasteiger charge is -2.20. The van der Waals surface area contributed by atoms with Gasteiger partial charge in [0.15, 0.2) is 6.10 Å². The molecule has 1 unspecified atom stereocenters. The average molecular weight is 419 g/mol. The van der Waals surface area contributed by atoms with Gasteiger partial charge in [0.25, 0.3) is 5.91 Å². The number of aryl methyl sites for hydroxylation is 1. The quantitative estimate of drug-likeness (QED) is 0.698. The van der Waals surface area contributed by atoms with E-state index in [9.17, 15) is 13.2 Å². The number of hydrogen-bond acceptors (Lipinski definition) is 5. The Hall–Kier alpha value is -2.74. The summed E-state index contributed by atoms with van der Waals surface area (Å²) in [6, 6.07) is 14.7. The molecule has 1 amide bonds. The number of nitrogens with one attached hydrogen (secondary N) is 1. The van der Waals surface area contributed by atoms with Crippen molar-refractivity contribution in [2.24, 2.45) is 0 Å². The summed E-state index contributed by atoms with van der Waals surface area (Å²) in [5.74, 6) is 0.981. The van der Waals surface area contributed by atoms with Crippen molar-refractivity contribution in [2.75, 3.05) is 30.8 Å². The minimum Gasteiger partial charge on any atom is -0.497 e. The molecule has 0 spiro atoms. The van der Waals surface area contributed by atoms with Gasteiger partial charge in [-0.1, -0.05) is 24.3 Å². The molecule has 8 heteroatoms. The van der Waals surface area contributed by atoms with Gasteiger partial charge < -0.3 is 14.8 Å². The van der Waals surface area contributed by atoms with E-state index >= 15 is 0 Å². The summed E-state index contributed by atoms with van der Waals surface area (Å²) >= 11 is 0. The van der Waals surface area contributed by atoms with E-state index in [2.05, 4.69) is 5.32 Å². The van der Waals surface area contributed by atoms with Crippen LogP contribution in [0.5, 0.6) is 11.5 Å². The fourth-order valence-electron chi connectivity index (χ4n) is 3.27. The maximum absolute atomic E-state index is 12.6. The summed E-state index contributed by atoms with van der Waals surface area (Å²) in [6.07, 6.45) is 2.33. The molecule has 2 aromatic carbocycles. The molecule has 0 saturated heterocycles. The molecule has 7 nitrogen and oxygen atoms in total. The Balaban J connectivity index is 1.56. The lowest BCUT2D eigenvalue weighted by atomic mass is 10.1. The van der Waals surface area contributed by atoms with Crippen LogP contribution in [-0.2, 0) is 21.2 Å². The van der Waals surface area contributed by atoms with Crippen LogP contribution in [0.4, 0.5) is 5.69 Å². The Morgan fingerprint density at radius 2 is 1.93 bits per heavy atom. The van der Waals surface area contributed by atoms with Crippen molar-refractivity contribution in [1.82, 2.24) is 5.32 Å². The zero-order chi connectivity index (χ0) is 20.9. The summed E-state index contributed by atoms with van der Waals surface area (Å²) in [5.41, 5.74) is 1.63. The van der Waals surface area contributed by atoms with Gasteiger partial charge in [0.1, 0.15) is 11.5 Å². The first-order valence-corrected chi connectivity index (χ1v) is 11.4. The first-order valence-electron chi connectivity index (χ1n) is 9.52. The second-order valence-corrected chi connectivity index (χ2v) is 8.85. The first-order chi connectivity index (χ1) is 13.9. The van der Waals surface area contributed by atoms with Crippen molar-refractivity contribution < 1.29 is 22.7 Å². The molecule has 0 aromatic heterocycles. The zero-order valence-electron chi connectivity index (χ0n) is 16.6. The molecule has 0 bridgehead atoms. The number of hydrogen-bond donors (Lipinski definition) is 1. The summed E-state index contributed by atoms with van der Waals surface area (Å²) in [5, 5.41) is 2.90. The highest BCUT2D eigenvalue weighted by atomic mass is 32.2. The number of rotatable bonds is 7. The maximum Gasteiger partial charge on any atom is 0.261 e. The molecule has 0 radical (unpaired) electrons. The van der Waals surface area contributed by atoms with Crippen molar-refractivity contribution in [1.29, 1.82) is 0 Å². The van der Waals surface area contributed by atoms with Crippen LogP contribution in [0.15, 0.2) is 48.5 Å². The van der Waals surface area contributed by atoms with Gasteiger partial charge in [-0.15, -0.1) is 0 Å². The Morgan fingerprint density at radius 3 is 2.62 bits per heavy atom. The molecular weight excluding hydrogens is 392 g/mol. The van der Waals surface area contributed by atoms with Gasteiger partial charge in [-0.2, -0.15) is 0 Å². The van der Waals surface area contributed by atoms with Gasteiger partial charge in [0, 0.05) is 19.5 Å². The highest BCUT2D eigenvalue weighted by molar-refractivity contribution is 7.92. The number of methoxy groups -OCH3 is 1. The molecule has 2 aromatic rings. The predicted molar refractivity (Wildman–Crippen MR) is 112 cm³/mol. The molecule has 1 heterocycles. The van der Waals surface area contributed by atoms with Crippen LogP contribution < -0.4 is 19.1 Å². The molecule has 0 saturated carbocycles. The Bertz CT molecular complexity index is 944. The molecule has 1 aliphatic heterocycles. The van der Waals surface area contributed by atoms with Gasteiger partial charge in [-0.3, -0.25) is 9.10 Å². The number of amides is 1. The van der Waals surface area contributed by atoms with Crippen molar-refractivity contribution in [3.8, 4) is 11.5 Å². The van der Waals surface area contributed by atoms with Gasteiger partial charge in [0.05, 0.1) is 19.1 Å². The van der Waals surface area contributed by atoms with Crippen LogP contribution in [0.2, 0.25) is 0 Å². The topological polar surface area (TPSA) is 84.9 Å². The Labute approximate surface area is 171 Å². The number of fused-ring (bicyclic) bond motifs is 1. The van der Waals surface area contributed by atoms with E-state index in [0.29, 0.717) is 18.0 Å². The Kier molecular flexibility index (Phi) is 6.64. The number of nitrogens with zero attached hydrogens (tertiary/aromatic N) is 1. The fourth-order valence-corrected chi connectivity index (χ4v) is 4.21. The second kappa shape index (κ2) is 9.17. The molecule has 3 rings (SSSR count). The minimum absolute atomic E-state index is 0.194. The minimum atomic E-state index is -3.46. The zero-order valence-corrected chi connectivity index (χ0v) is 17.4. The summed E-state index contributed by atoms with van der Waals surface area (Å²) < 4.78 is 36.5. The monoisotopic (exact) mass is 418 g/mol. The third-order valence-corrected chi connectivity index (χ3v) is 5.97. The Morgan fingerprint density at radius 1 is 1.21 bits per heavy atom. The fraction of sp³-hybridized carbons (Fsp3) is 0.381. The number of para-hydroxylation sites is 2. The third kappa shape index (κ3) is 5.41. The molecule has 0 fully saturated rings. The molecule has 29 heavy (non-hydrogen) atoms. The molecule has 1 aliphatic rings. The number of carbonyl (C=O) groups is 1. The lowest BCUT2D eigenvalue weighted by molar-refractivity contribution is -0.128. The van der Waals surface area contributed by atoms with Crippen LogP contribution in [-0.4, -0.2) is 46.9 Å². The van der Waals surface area contributed by atoms with Crippen molar-refractivity contribution in [2.45, 2.75) is 25.4 Å². The molecule has 156 valence electrons. The van der Waals surface area contributed by atoms with Crippen molar-refractivity contribution in [3.63, 3.8) is 0 Å². The molecular formula is C21H26N2O5S. The van der Waals surface area contributed by atoms with Crippen molar-refractivity contribution >= 4 is 21.6 Å². The van der Waals surface area contributed by atoms with Gasteiger partial charge in [-0.25, -0.2) is 8.42 Å². The smallest absolute Gasteiger partial charge is 0.261 e. The van der Waals surface area contributed by atoms with Crippen LogP contribution in [0.25, 0.3) is 0 Å². The summed E-state index contributed by atoms with van der Waals surface area (Å²) in [7, 11) is -1.82. The van der Waals surface area contributed by atoms with E-state index in [1.165, 1.54) is 9.87 Å². The number of sulfonamides is 1. The van der Waals surface area contributed by atoms with E-state index in [1.54, 1.807) is 31.4 Å². The standard InChI is InChI=1S/C21H26N2O5S/c1-27-17-11-9-16(10-12-17)6-5-14-22-21(24)20-13-15-23(29(2,25)26)18-7-3-4-8-19(18)28-20/h3-4,7-12,20H,5-6,13-15H2,1-2H3,(H,22,24). The predicted octanol–water partition coefficient (Wildman–Crippen LogP) is 2.36. The van der Waals surface area contributed by atoms with Crippen LogP contribution in [0.1, 0.15) is 18.4 Å². The van der Waals surface area contributed by atoms with Gasteiger partial charge in [0.2, 0.25) is 10.0 Å². The largest absolute Gasteiger partial charge is 0.497 e. The van der Waals surface area contributed by atoms with Gasteiger partial charge >= 0.3 is 0 Å². The van der Waals surface area contributed by atoms with Crippen LogP contribution in [0, 0.1) is 0 Å². The highest BCUT2D eigenvalue weighted by Gasteiger charge is 2.30. The van der Waals surface area contributed by atoms with Crippen LogP contribution >= 0.6 is 0 Å². The molecule has 0 aliphatic carbocycles. The molecule has 1 atom stereocenters. The van der Waals surface area contributed by atoms with Crippen LogP contribution in [0.3, 0.4) is 0 Å². The second-order valence-electron chi connectivity index (χ2n) is 6.94. The first kappa shape index (κ1) is 21.0. The number of benzene rings is 2. The van der Waals surface area contributed by atoms with E-state index in [4.69, 9.17) is 9.47 Å². The van der Waals surface area contributed by atoms with Gasteiger partial charge in [-0.05, 0) is 42.7 Å².